The van der Waals surface area contributed by atoms with E-state index in [1.54, 1.807) is 25.5 Å². The summed E-state index contributed by atoms with van der Waals surface area (Å²) in [5, 5.41) is 0.873. The van der Waals surface area contributed by atoms with Crippen molar-refractivity contribution in [3.63, 3.8) is 0 Å². The van der Waals surface area contributed by atoms with E-state index in [9.17, 15) is 4.79 Å². The van der Waals surface area contributed by atoms with E-state index < -0.39 is 0 Å². The highest BCUT2D eigenvalue weighted by molar-refractivity contribution is 5.99. The first-order valence-corrected chi connectivity index (χ1v) is 7.08. The van der Waals surface area contributed by atoms with Gasteiger partial charge in [-0.15, -0.1) is 0 Å². The van der Waals surface area contributed by atoms with E-state index in [0.29, 0.717) is 30.0 Å². The molecule has 0 spiro atoms. The van der Waals surface area contributed by atoms with Crippen molar-refractivity contribution >= 4 is 16.9 Å². The predicted octanol–water partition coefficient (Wildman–Crippen LogP) is 2.69. The fraction of sp³-hybridized carbons (Fsp3) is 0.438. The number of morpholine rings is 1. The number of hydrogen-bond donors (Lipinski definition) is 0. The first-order chi connectivity index (χ1) is 10.1. The number of hydrogen-bond acceptors (Lipinski definition) is 4. The Morgan fingerprint density at radius 1 is 1.29 bits per heavy atom. The minimum absolute atomic E-state index is 0.0198. The number of ether oxygens (including phenoxy) is 2. The van der Waals surface area contributed by atoms with Gasteiger partial charge in [-0.25, -0.2) is 0 Å². The number of carbonyl (C=O) groups is 1. The molecule has 1 fully saturated rings. The van der Waals surface area contributed by atoms with Gasteiger partial charge in [-0.1, -0.05) is 0 Å². The Morgan fingerprint density at radius 3 is 2.67 bits per heavy atom. The van der Waals surface area contributed by atoms with Crippen LogP contribution in [0.3, 0.4) is 0 Å². The number of nitrogens with zero attached hydrogens (tertiary/aromatic N) is 1. The quantitative estimate of drug-likeness (QED) is 0.853. The molecule has 1 aromatic heterocycles. The van der Waals surface area contributed by atoms with Gasteiger partial charge in [-0.05, 0) is 32.0 Å². The van der Waals surface area contributed by atoms with Crippen LogP contribution in [0.1, 0.15) is 24.2 Å². The maximum atomic E-state index is 12.7. The van der Waals surface area contributed by atoms with Crippen molar-refractivity contribution in [3.8, 4) is 5.75 Å². The molecule has 3 rings (SSSR count). The molecule has 0 bridgehead atoms. The van der Waals surface area contributed by atoms with E-state index in [-0.39, 0.29) is 18.1 Å². The van der Waals surface area contributed by atoms with Crippen LogP contribution in [-0.4, -0.2) is 43.2 Å². The van der Waals surface area contributed by atoms with Crippen molar-refractivity contribution in [2.45, 2.75) is 26.1 Å². The topological polar surface area (TPSA) is 51.9 Å². The number of benzene rings is 1. The summed E-state index contributed by atoms with van der Waals surface area (Å²) in [5.41, 5.74) is 1.24. The molecule has 1 amide bonds. The number of amides is 1. The van der Waals surface area contributed by atoms with Crippen LogP contribution in [0.5, 0.6) is 5.75 Å². The second-order valence-electron chi connectivity index (χ2n) is 5.48. The average Bonchev–Trinajstić information content (AvgIpc) is 2.92. The lowest BCUT2D eigenvalue weighted by atomic mass is 10.1. The van der Waals surface area contributed by atoms with E-state index in [1.165, 1.54) is 0 Å². The second kappa shape index (κ2) is 5.41. The zero-order chi connectivity index (χ0) is 15.0. The van der Waals surface area contributed by atoms with Crippen LogP contribution in [-0.2, 0) is 4.74 Å². The van der Waals surface area contributed by atoms with Crippen LogP contribution in [0.2, 0.25) is 0 Å². The summed E-state index contributed by atoms with van der Waals surface area (Å²) in [6, 6.07) is 5.37. The Balaban J connectivity index is 1.93. The molecule has 21 heavy (non-hydrogen) atoms. The van der Waals surface area contributed by atoms with E-state index in [2.05, 4.69) is 0 Å². The lowest BCUT2D eigenvalue weighted by molar-refractivity contribution is -0.0586. The predicted molar refractivity (Wildman–Crippen MR) is 78.7 cm³/mol. The van der Waals surface area contributed by atoms with Gasteiger partial charge >= 0.3 is 0 Å². The number of carbonyl (C=O) groups excluding carboxylic acids is 1. The summed E-state index contributed by atoms with van der Waals surface area (Å²) in [7, 11) is 1.59. The maximum absolute atomic E-state index is 12.7. The standard InChI is InChI=1S/C16H19NO4/c1-10-8-17(9-11(2)21-10)16(18)12-6-14(19-3)13-4-5-20-15(13)7-12/h4-7,10-11H,8-9H2,1-3H3/t10-,11-/m1/s1. The van der Waals surface area contributed by atoms with Gasteiger partial charge in [-0.3, -0.25) is 4.79 Å². The zero-order valence-electron chi connectivity index (χ0n) is 12.5. The summed E-state index contributed by atoms with van der Waals surface area (Å²) in [6.45, 7) is 5.15. The Morgan fingerprint density at radius 2 is 2.00 bits per heavy atom. The first-order valence-electron chi connectivity index (χ1n) is 7.08. The van der Waals surface area contributed by atoms with Crippen molar-refractivity contribution in [2.24, 2.45) is 0 Å². The molecular weight excluding hydrogens is 270 g/mol. The van der Waals surface area contributed by atoms with Gasteiger partial charge in [0.2, 0.25) is 0 Å². The van der Waals surface area contributed by atoms with Crippen LogP contribution in [0, 0.1) is 0 Å². The third-order valence-electron chi connectivity index (χ3n) is 3.71. The largest absolute Gasteiger partial charge is 0.496 e. The second-order valence-corrected chi connectivity index (χ2v) is 5.48. The van der Waals surface area contributed by atoms with Crippen LogP contribution in [0.25, 0.3) is 11.0 Å². The SMILES string of the molecule is COc1cc(C(=O)N2C[C@@H](C)O[C@H](C)C2)cc2occc12. The number of rotatable bonds is 2. The zero-order valence-corrected chi connectivity index (χ0v) is 12.5. The van der Waals surface area contributed by atoms with E-state index in [4.69, 9.17) is 13.9 Å². The lowest BCUT2D eigenvalue weighted by Crippen LogP contribution is -2.48. The molecular formula is C16H19NO4. The Hall–Kier alpha value is -2.01. The number of furan rings is 1. The molecule has 0 unspecified atom stereocenters. The maximum Gasteiger partial charge on any atom is 0.254 e. The van der Waals surface area contributed by atoms with E-state index >= 15 is 0 Å². The molecule has 2 heterocycles. The molecule has 0 radical (unpaired) electrons. The molecule has 1 saturated heterocycles. The highest BCUT2D eigenvalue weighted by Gasteiger charge is 2.27. The van der Waals surface area contributed by atoms with Gasteiger partial charge in [0, 0.05) is 18.7 Å². The molecule has 5 nitrogen and oxygen atoms in total. The molecule has 2 atom stereocenters. The van der Waals surface area contributed by atoms with Crippen molar-refractivity contribution < 1.29 is 18.7 Å². The molecule has 0 N–H and O–H groups in total. The summed E-state index contributed by atoms with van der Waals surface area (Å²) >= 11 is 0. The van der Waals surface area contributed by atoms with Crippen LogP contribution in [0.15, 0.2) is 28.9 Å². The van der Waals surface area contributed by atoms with Gasteiger partial charge < -0.3 is 18.8 Å². The van der Waals surface area contributed by atoms with E-state index in [1.807, 2.05) is 24.8 Å². The Kier molecular flexibility index (Phi) is 3.59. The molecule has 0 aliphatic carbocycles. The smallest absolute Gasteiger partial charge is 0.254 e. The number of fused-ring (bicyclic) bond motifs is 1. The monoisotopic (exact) mass is 289 g/mol. The third kappa shape index (κ3) is 2.61. The van der Waals surface area contributed by atoms with Crippen LogP contribution >= 0.6 is 0 Å². The minimum Gasteiger partial charge on any atom is -0.496 e. The number of methoxy groups -OCH3 is 1. The third-order valence-corrected chi connectivity index (χ3v) is 3.71. The van der Waals surface area contributed by atoms with Crippen LogP contribution in [0.4, 0.5) is 0 Å². The van der Waals surface area contributed by atoms with Gasteiger partial charge in [0.25, 0.3) is 5.91 Å². The van der Waals surface area contributed by atoms with Crippen molar-refractivity contribution in [1.29, 1.82) is 0 Å². The van der Waals surface area contributed by atoms with E-state index in [0.717, 1.165) is 5.39 Å². The summed E-state index contributed by atoms with van der Waals surface area (Å²) in [5.74, 6) is 0.632. The Labute approximate surface area is 123 Å². The molecule has 1 aliphatic heterocycles. The fourth-order valence-corrected chi connectivity index (χ4v) is 2.86. The lowest BCUT2D eigenvalue weighted by Gasteiger charge is -2.35. The summed E-state index contributed by atoms with van der Waals surface area (Å²) in [4.78, 5) is 14.5. The molecule has 2 aromatic rings. The van der Waals surface area contributed by atoms with Crippen molar-refractivity contribution in [2.75, 3.05) is 20.2 Å². The van der Waals surface area contributed by atoms with Crippen molar-refractivity contribution in [1.82, 2.24) is 4.90 Å². The van der Waals surface area contributed by atoms with Crippen molar-refractivity contribution in [3.05, 3.63) is 30.0 Å². The molecule has 112 valence electrons. The molecule has 5 heteroatoms. The summed E-state index contributed by atoms with van der Waals surface area (Å²) < 4.78 is 16.4. The molecule has 1 aromatic carbocycles. The average molecular weight is 289 g/mol. The molecule has 1 aliphatic rings. The van der Waals surface area contributed by atoms with Crippen LogP contribution < -0.4 is 4.74 Å². The first kappa shape index (κ1) is 13.9. The summed E-state index contributed by atoms with van der Waals surface area (Å²) in [6.07, 6.45) is 1.69. The van der Waals surface area contributed by atoms with Gasteiger partial charge in [-0.2, -0.15) is 0 Å². The fourth-order valence-electron chi connectivity index (χ4n) is 2.86. The highest BCUT2D eigenvalue weighted by atomic mass is 16.5. The van der Waals surface area contributed by atoms with Gasteiger partial charge in [0.1, 0.15) is 11.3 Å². The minimum atomic E-state index is -0.0198. The van der Waals surface area contributed by atoms with Gasteiger partial charge in [0.05, 0.1) is 31.0 Å². The Bertz CT molecular complexity index is 653. The highest BCUT2D eigenvalue weighted by Crippen LogP contribution is 2.29. The normalized spacial score (nSPS) is 22.5. The molecule has 0 saturated carbocycles. The van der Waals surface area contributed by atoms with Gasteiger partial charge in [0.15, 0.2) is 0 Å².